The third-order valence-corrected chi connectivity index (χ3v) is 2.90. The fourth-order valence-electron chi connectivity index (χ4n) is 1.53. The summed E-state index contributed by atoms with van der Waals surface area (Å²) in [5, 5.41) is 24.5. The lowest BCUT2D eigenvalue weighted by molar-refractivity contribution is -0.143. The van der Waals surface area contributed by atoms with E-state index >= 15 is 0 Å². The van der Waals surface area contributed by atoms with Crippen molar-refractivity contribution in [2.75, 3.05) is 13.2 Å². The molecule has 10 nitrogen and oxygen atoms in total. The second-order valence-corrected chi connectivity index (χ2v) is 5.38. The van der Waals surface area contributed by atoms with E-state index in [4.69, 9.17) is 15.9 Å². The topological polar surface area (TPSA) is 171 Å². The van der Waals surface area contributed by atoms with Crippen LogP contribution < -0.4 is 21.7 Å². The Hall–Kier alpha value is -2.20. The maximum atomic E-state index is 12.0. The molecule has 7 N–H and O–H groups in total. The van der Waals surface area contributed by atoms with E-state index in [-0.39, 0.29) is 12.5 Å². The summed E-state index contributed by atoms with van der Waals surface area (Å²) in [6, 6.07) is -3.24. The minimum Gasteiger partial charge on any atom is -0.480 e. The third-order valence-electron chi connectivity index (χ3n) is 2.90. The fraction of sp³-hybridized carbons (Fsp3) is 0.692. The molecule has 0 fully saturated rings. The van der Waals surface area contributed by atoms with Crippen molar-refractivity contribution in [2.45, 2.75) is 38.9 Å². The van der Waals surface area contributed by atoms with Gasteiger partial charge in [-0.1, -0.05) is 13.8 Å². The van der Waals surface area contributed by atoms with Gasteiger partial charge >= 0.3 is 5.97 Å². The molecule has 0 aliphatic heterocycles. The number of hydrogen-bond donors (Lipinski definition) is 6. The molecule has 0 saturated carbocycles. The number of amides is 3. The number of nitrogens with one attached hydrogen (secondary N) is 3. The third kappa shape index (κ3) is 7.56. The Bertz CT molecular complexity index is 452. The summed E-state index contributed by atoms with van der Waals surface area (Å²) in [7, 11) is 0. The molecule has 0 aliphatic rings. The molecule has 3 unspecified atom stereocenters. The quantitative estimate of drug-likeness (QED) is 0.264. The number of carboxylic acids is 1. The summed E-state index contributed by atoms with van der Waals surface area (Å²) in [6.07, 6.45) is 0. The van der Waals surface area contributed by atoms with Gasteiger partial charge in [-0.25, -0.2) is 4.79 Å². The van der Waals surface area contributed by atoms with Crippen molar-refractivity contribution in [3.8, 4) is 0 Å². The number of carbonyl (C=O) groups excluding carboxylic acids is 3. The second-order valence-electron chi connectivity index (χ2n) is 5.38. The monoisotopic (exact) mass is 332 g/mol. The van der Waals surface area contributed by atoms with Crippen molar-refractivity contribution < 1.29 is 29.4 Å². The first kappa shape index (κ1) is 20.8. The lowest BCUT2D eigenvalue weighted by Gasteiger charge is -2.23. The summed E-state index contributed by atoms with van der Waals surface area (Å²) in [4.78, 5) is 45.9. The average molecular weight is 332 g/mol. The van der Waals surface area contributed by atoms with Gasteiger partial charge in [0.15, 0.2) is 0 Å². The first-order valence-corrected chi connectivity index (χ1v) is 7.06. The van der Waals surface area contributed by atoms with Gasteiger partial charge in [0, 0.05) is 0 Å². The molecule has 23 heavy (non-hydrogen) atoms. The Labute approximate surface area is 133 Å². The van der Waals surface area contributed by atoms with E-state index in [1.807, 2.05) is 0 Å². The summed E-state index contributed by atoms with van der Waals surface area (Å²) >= 11 is 0. The van der Waals surface area contributed by atoms with E-state index < -0.39 is 48.4 Å². The molecule has 0 spiro atoms. The minimum absolute atomic E-state index is 0.337. The Kier molecular flexibility index (Phi) is 8.81. The second kappa shape index (κ2) is 9.74. The van der Waals surface area contributed by atoms with Crippen LogP contribution in [0, 0.1) is 5.92 Å². The highest BCUT2D eigenvalue weighted by molar-refractivity contribution is 5.92. The molecule has 0 saturated heterocycles. The van der Waals surface area contributed by atoms with Crippen molar-refractivity contribution in [3.05, 3.63) is 0 Å². The molecular weight excluding hydrogens is 308 g/mol. The summed E-state index contributed by atoms with van der Waals surface area (Å²) in [5.74, 6) is -3.61. The van der Waals surface area contributed by atoms with Crippen molar-refractivity contribution in [1.29, 1.82) is 0 Å². The fourth-order valence-corrected chi connectivity index (χ4v) is 1.53. The van der Waals surface area contributed by atoms with Crippen LogP contribution in [0.4, 0.5) is 0 Å². The SMILES string of the molecule is CC(N)C(=O)NCC(=O)NC(C(=O)NC(CO)C(=O)O)C(C)C. The zero-order valence-corrected chi connectivity index (χ0v) is 13.3. The summed E-state index contributed by atoms with van der Waals surface area (Å²) in [6.45, 7) is 3.63. The normalized spacial score (nSPS) is 14.5. The maximum absolute atomic E-state index is 12.0. The van der Waals surface area contributed by atoms with E-state index in [0.717, 1.165) is 0 Å². The molecule has 0 bridgehead atoms. The standard InChI is InChI=1S/C13H24N4O6/c1-6(2)10(12(21)16-8(5-18)13(22)23)17-9(19)4-15-11(20)7(3)14/h6-8,10,18H,4-5,14H2,1-3H3,(H,15,20)(H,16,21)(H,17,19)(H,22,23). The molecule has 0 heterocycles. The molecular formula is C13H24N4O6. The zero-order chi connectivity index (χ0) is 18.2. The van der Waals surface area contributed by atoms with Crippen molar-refractivity contribution in [3.63, 3.8) is 0 Å². The van der Waals surface area contributed by atoms with E-state index in [9.17, 15) is 19.2 Å². The Morgan fingerprint density at radius 1 is 1.04 bits per heavy atom. The van der Waals surface area contributed by atoms with Crippen LogP contribution in [0.25, 0.3) is 0 Å². The average Bonchev–Trinajstić information content (AvgIpc) is 2.46. The maximum Gasteiger partial charge on any atom is 0.328 e. The number of hydrogen-bond acceptors (Lipinski definition) is 6. The molecule has 0 aromatic rings. The summed E-state index contributed by atoms with van der Waals surface area (Å²) < 4.78 is 0. The predicted molar refractivity (Wildman–Crippen MR) is 80.1 cm³/mol. The van der Waals surface area contributed by atoms with Crippen molar-refractivity contribution in [2.24, 2.45) is 11.7 Å². The first-order valence-electron chi connectivity index (χ1n) is 7.06. The van der Waals surface area contributed by atoms with Gasteiger partial charge in [0.05, 0.1) is 19.2 Å². The molecule has 0 aromatic carbocycles. The van der Waals surface area contributed by atoms with Crippen LogP contribution in [0.2, 0.25) is 0 Å². The smallest absolute Gasteiger partial charge is 0.328 e. The first-order chi connectivity index (χ1) is 10.6. The number of aliphatic hydroxyl groups is 1. The largest absolute Gasteiger partial charge is 0.480 e. The highest BCUT2D eigenvalue weighted by atomic mass is 16.4. The number of carboxylic acid groups (broad SMARTS) is 1. The highest BCUT2D eigenvalue weighted by Gasteiger charge is 2.28. The lowest BCUT2D eigenvalue weighted by atomic mass is 10.0. The van der Waals surface area contributed by atoms with Gasteiger partial charge in [-0.3, -0.25) is 14.4 Å². The predicted octanol–water partition coefficient (Wildman–Crippen LogP) is -2.85. The van der Waals surface area contributed by atoms with Crippen LogP contribution in [0.15, 0.2) is 0 Å². The van der Waals surface area contributed by atoms with E-state index in [0.29, 0.717) is 0 Å². The number of carbonyl (C=O) groups is 4. The molecule has 0 aliphatic carbocycles. The van der Waals surface area contributed by atoms with Crippen LogP contribution >= 0.6 is 0 Å². The van der Waals surface area contributed by atoms with Crippen molar-refractivity contribution >= 4 is 23.7 Å². The van der Waals surface area contributed by atoms with Gasteiger partial charge in [-0.2, -0.15) is 0 Å². The number of rotatable bonds is 9. The number of nitrogens with two attached hydrogens (primary N) is 1. The lowest BCUT2D eigenvalue weighted by Crippen LogP contribution is -2.56. The van der Waals surface area contributed by atoms with Gasteiger partial charge in [-0.05, 0) is 12.8 Å². The summed E-state index contributed by atoms with van der Waals surface area (Å²) in [5.41, 5.74) is 5.33. The van der Waals surface area contributed by atoms with Gasteiger partial charge in [-0.15, -0.1) is 0 Å². The zero-order valence-electron chi connectivity index (χ0n) is 13.3. The van der Waals surface area contributed by atoms with E-state index in [1.54, 1.807) is 13.8 Å². The Balaban J connectivity index is 4.67. The van der Waals surface area contributed by atoms with Crippen LogP contribution in [0.3, 0.4) is 0 Å². The molecule has 3 amide bonds. The van der Waals surface area contributed by atoms with Crippen LogP contribution in [-0.2, 0) is 19.2 Å². The van der Waals surface area contributed by atoms with Gasteiger partial charge in [0.25, 0.3) is 0 Å². The van der Waals surface area contributed by atoms with Crippen LogP contribution in [-0.4, -0.2) is 65.2 Å². The molecule has 132 valence electrons. The minimum atomic E-state index is -1.46. The number of aliphatic carboxylic acids is 1. The van der Waals surface area contributed by atoms with E-state index in [1.165, 1.54) is 6.92 Å². The van der Waals surface area contributed by atoms with Crippen LogP contribution in [0.1, 0.15) is 20.8 Å². The molecule has 0 aromatic heterocycles. The van der Waals surface area contributed by atoms with Gasteiger partial charge < -0.3 is 31.9 Å². The Morgan fingerprint density at radius 2 is 1.61 bits per heavy atom. The molecule has 3 atom stereocenters. The molecule has 0 radical (unpaired) electrons. The van der Waals surface area contributed by atoms with Crippen LogP contribution in [0.5, 0.6) is 0 Å². The molecule has 0 rings (SSSR count). The van der Waals surface area contributed by atoms with E-state index in [2.05, 4.69) is 16.0 Å². The highest BCUT2D eigenvalue weighted by Crippen LogP contribution is 2.02. The van der Waals surface area contributed by atoms with Gasteiger partial charge in [0.1, 0.15) is 12.1 Å². The van der Waals surface area contributed by atoms with Crippen molar-refractivity contribution in [1.82, 2.24) is 16.0 Å². The molecule has 10 heteroatoms. The number of aliphatic hydroxyl groups excluding tert-OH is 1. The van der Waals surface area contributed by atoms with Gasteiger partial charge in [0.2, 0.25) is 17.7 Å². The Morgan fingerprint density at radius 3 is 2.00 bits per heavy atom.